The van der Waals surface area contributed by atoms with Crippen molar-refractivity contribution in [3.63, 3.8) is 0 Å². The summed E-state index contributed by atoms with van der Waals surface area (Å²) in [5.74, 6) is 1.63. The highest BCUT2D eigenvalue weighted by Gasteiger charge is 2.18. The average molecular weight is 332 g/mol. The Kier molecular flexibility index (Phi) is 4.06. The van der Waals surface area contributed by atoms with Crippen LogP contribution in [0.1, 0.15) is 30.1 Å². The van der Waals surface area contributed by atoms with Gasteiger partial charge in [-0.05, 0) is 56.2 Å². The van der Waals surface area contributed by atoms with Crippen molar-refractivity contribution in [2.24, 2.45) is 0 Å². The Hall–Kier alpha value is -2.95. The normalized spacial score (nSPS) is 14.0. The fraction of sp³-hybridized carbons (Fsp3) is 0.250. The molecule has 126 valence electrons. The lowest BCUT2D eigenvalue weighted by molar-refractivity contribution is 0.101. The molecule has 1 aromatic heterocycles. The highest BCUT2D eigenvalue weighted by Crippen LogP contribution is 2.28. The lowest BCUT2D eigenvalue weighted by Gasteiger charge is -2.19. The number of hydrogen-bond donors (Lipinski definition) is 1. The Morgan fingerprint density at radius 3 is 2.44 bits per heavy atom. The number of Topliss-reactive ketones (excluding diaryl/α,β-unsaturated/α-hetero) is 1. The summed E-state index contributed by atoms with van der Waals surface area (Å²) in [5.41, 5.74) is 2.50. The topological polar surface area (TPSA) is 58.1 Å². The number of hydrogen-bond acceptors (Lipinski definition) is 5. The molecule has 1 N–H and O–H groups in total. The summed E-state index contributed by atoms with van der Waals surface area (Å²) in [6.07, 6.45) is 2.40. The van der Waals surface area contributed by atoms with Gasteiger partial charge in [0.05, 0.1) is 5.52 Å². The van der Waals surface area contributed by atoms with E-state index < -0.39 is 0 Å². The van der Waals surface area contributed by atoms with Crippen LogP contribution in [0.4, 0.5) is 17.5 Å². The van der Waals surface area contributed by atoms with Gasteiger partial charge in [-0.2, -0.15) is 4.98 Å². The van der Waals surface area contributed by atoms with Crippen molar-refractivity contribution >= 4 is 34.1 Å². The molecule has 0 unspecified atom stereocenters. The highest BCUT2D eigenvalue weighted by molar-refractivity contribution is 5.94. The van der Waals surface area contributed by atoms with Gasteiger partial charge in [0.1, 0.15) is 5.82 Å². The molecule has 0 atom stereocenters. The molecule has 1 aliphatic heterocycles. The number of para-hydroxylation sites is 1. The van der Waals surface area contributed by atoms with E-state index in [2.05, 4.69) is 21.3 Å². The third kappa shape index (κ3) is 3.18. The number of nitrogens with zero attached hydrogens (tertiary/aromatic N) is 3. The predicted octanol–water partition coefficient (Wildman–Crippen LogP) is 4.18. The number of carbonyl (C=O) groups is 1. The molecule has 4 rings (SSSR count). The molecule has 0 radical (unpaired) electrons. The van der Waals surface area contributed by atoms with Crippen LogP contribution in [0.3, 0.4) is 0 Å². The van der Waals surface area contributed by atoms with E-state index in [1.807, 2.05) is 42.5 Å². The average Bonchev–Trinajstić information content (AvgIpc) is 3.16. The van der Waals surface area contributed by atoms with Gasteiger partial charge >= 0.3 is 0 Å². The van der Waals surface area contributed by atoms with Gasteiger partial charge in [-0.15, -0.1) is 0 Å². The summed E-state index contributed by atoms with van der Waals surface area (Å²) in [6, 6.07) is 15.5. The molecule has 5 nitrogen and oxygen atoms in total. The van der Waals surface area contributed by atoms with Gasteiger partial charge in [0.25, 0.3) is 0 Å². The second-order valence-corrected chi connectivity index (χ2v) is 6.34. The lowest BCUT2D eigenvalue weighted by Crippen LogP contribution is -2.20. The Morgan fingerprint density at radius 2 is 1.72 bits per heavy atom. The van der Waals surface area contributed by atoms with Crippen molar-refractivity contribution < 1.29 is 4.79 Å². The van der Waals surface area contributed by atoms with Crippen molar-refractivity contribution in [3.8, 4) is 0 Å². The van der Waals surface area contributed by atoms with Crippen LogP contribution in [0.25, 0.3) is 10.9 Å². The molecule has 0 saturated carbocycles. The van der Waals surface area contributed by atoms with Crippen LogP contribution in [0, 0.1) is 0 Å². The number of rotatable bonds is 4. The molecule has 0 bridgehead atoms. The van der Waals surface area contributed by atoms with Crippen LogP contribution in [-0.2, 0) is 0 Å². The monoisotopic (exact) mass is 332 g/mol. The minimum Gasteiger partial charge on any atom is -0.356 e. The summed E-state index contributed by atoms with van der Waals surface area (Å²) in [6.45, 7) is 3.64. The van der Waals surface area contributed by atoms with Gasteiger partial charge in [0, 0.05) is 29.7 Å². The summed E-state index contributed by atoms with van der Waals surface area (Å²) < 4.78 is 0. The van der Waals surface area contributed by atoms with Gasteiger partial charge in [-0.25, -0.2) is 4.98 Å². The van der Waals surface area contributed by atoms with Gasteiger partial charge < -0.3 is 10.2 Å². The quantitative estimate of drug-likeness (QED) is 0.727. The van der Waals surface area contributed by atoms with E-state index in [4.69, 9.17) is 4.98 Å². The molecule has 25 heavy (non-hydrogen) atoms. The number of aromatic nitrogens is 2. The number of fused-ring (bicyclic) bond motifs is 1. The Morgan fingerprint density at radius 1 is 1.00 bits per heavy atom. The first kappa shape index (κ1) is 15.6. The first-order chi connectivity index (χ1) is 12.2. The summed E-state index contributed by atoms with van der Waals surface area (Å²) in [5, 5.41) is 4.35. The van der Waals surface area contributed by atoms with Crippen molar-refractivity contribution in [2.45, 2.75) is 19.8 Å². The molecule has 3 aromatic rings. The minimum absolute atomic E-state index is 0.0600. The fourth-order valence-electron chi connectivity index (χ4n) is 3.20. The fourth-order valence-corrected chi connectivity index (χ4v) is 3.20. The van der Waals surface area contributed by atoms with E-state index in [9.17, 15) is 4.79 Å². The SMILES string of the molecule is CC(=O)c1ccc(Nc2nc(N3CCCC3)c3ccccc3n2)cc1. The molecular formula is C20H20N4O. The van der Waals surface area contributed by atoms with Gasteiger partial charge in [-0.3, -0.25) is 4.79 Å². The number of carbonyl (C=O) groups excluding carboxylic acids is 1. The number of ketones is 1. The molecule has 1 aliphatic rings. The van der Waals surface area contributed by atoms with Crippen LogP contribution < -0.4 is 10.2 Å². The van der Waals surface area contributed by atoms with Gasteiger partial charge in [0.15, 0.2) is 5.78 Å². The van der Waals surface area contributed by atoms with E-state index >= 15 is 0 Å². The van der Waals surface area contributed by atoms with E-state index in [1.54, 1.807) is 6.92 Å². The lowest BCUT2D eigenvalue weighted by atomic mass is 10.1. The smallest absolute Gasteiger partial charge is 0.229 e. The summed E-state index contributed by atoms with van der Waals surface area (Å²) in [4.78, 5) is 23.1. The van der Waals surface area contributed by atoms with E-state index in [-0.39, 0.29) is 5.78 Å². The third-order valence-corrected chi connectivity index (χ3v) is 4.54. The molecule has 0 amide bonds. The van der Waals surface area contributed by atoms with Crippen LogP contribution >= 0.6 is 0 Å². The van der Waals surface area contributed by atoms with Crippen molar-refractivity contribution in [1.82, 2.24) is 9.97 Å². The number of benzene rings is 2. The standard InChI is InChI=1S/C20H20N4O/c1-14(25)15-8-10-16(11-9-15)21-20-22-18-7-3-2-6-17(18)19(23-20)24-12-4-5-13-24/h2-3,6-11H,4-5,12-13H2,1H3,(H,21,22,23). The third-order valence-electron chi connectivity index (χ3n) is 4.54. The Balaban J connectivity index is 1.70. The minimum atomic E-state index is 0.0600. The molecular weight excluding hydrogens is 312 g/mol. The highest BCUT2D eigenvalue weighted by atomic mass is 16.1. The van der Waals surface area contributed by atoms with Gasteiger partial charge in [0.2, 0.25) is 5.95 Å². The zero-order chi connectivity index (χ0) is 17.2. The van der Waals surface area contributed by atoms with Crippen LogP contribution in [-0.4, -0.2) is 28.8 Å². The maximum Gasteiger partial charge on any atom is 0.229 e. The summed E-state index contributed by atoms with van der Waals surface area (Å²) in [7, 11) is 0. The second-order valence-electron chi connectivity index (χ2n) is 6.34. The molecule has 1 saturated heterocycles. The largest absolute Gasteiger partial charge is 0.356 e. The Bertz CT molecular complexity index is 915. The van der Waals surface area contributed by atoms with E-state index in [1.165, 1.54) is 12.8 Å². The zero-order valence-corrected chi connectivity index (χ0v) is 14.2. The second kappa shape index (κ2) is 6.51. The predicted molar refractivity (Wildman–Crippen MR) is 101 cm³/mol. The zero-order valence-electron chi connectivity index (χ0n) is 14.2. The van der Waals surface area contributed by atoms with Crippen molar-refractivity contribution in [1.29, 1.82) is 0 Å². The van der Waals surface area contributed by atoms with E-state index in [0.717, 1.165) is 35.5 Å². The molecule has 5 heteroatoms. The van der Waals surface area contributed by atoms with Gasteiger partial charge in [-0.1, -0.05) is 12.1 Å². The Labute approximate surface area is 146 Å². The van der Waals surface area contributed by atoms with Crippen LogP contribution in [0.5, 0.6) is 0 Å². The number of anilines is 3. The van der Waals surface area contributed by atoms with Crippen molar-refractivity contribution in [2.75, 3.05) is 23.3 Å². The molecule has 0 aliphatic carbocycles. The number of nitrogens with one attached hydrogen (secondary N) is 1. The van der Waals surface area contributed by atoms with Crippen LogP contribution in [0.2, 0.25) is 0 Å². The molecule has 2 heterocycles. The molecule has 2 aromatic carbocycles. The first-order valence-corrected chi connectivity index (χ1v) is 8.60. The first-order valence-electron chi connectivity index (χ1n) is 8.60. The van der Waals surface area contributed by atoms with Crippen LogP contribution in [0.15, 0.2) is 48.5 Å². The van der Waals surface area contributed by atoms with Crippen molar-refractivity contribution in [3.05, 3.63) is 54.1 Å². The summed E-state index contributed by atoms with van der Waals surface area (Å²) >= 11 is 0. The van der Waals surface area contributed by atoms with E-state index in [0.29, 0.717) is 11.5 Å². The maximum absolute atomic E-state index is 11.4. The molecule has 1 fully saturated rings. The molecule has 0 spiro atoms. The maximum atomic E-state index is 11.4.